The van der Waals surface area contributed by atoms with E-state index in [1.165, 1.54) is 0 Å². The lowest BCUT2D eigenvalue weighted by molar-refractivity contribution is -0.154. The first-order chi connectivity index (χ1) is 7.30. The Labute approximate surface area is 105 Å². The van der Waals surface area contributed by atoms with E-state index < -0.39 is 10.8 Å². The number of ketones is 2. The summed E-state index contributed by atoms with van der Waals surface area (Å²) < 4.78 is 0. The first-order valence-electron chi connectivity index (χ1n) is 6.37. The average molecular weight is 238 g/mol. The second-order valence-electron chi connectivity index (χ2n) is 7.77. The van der Waals surface area contributed by atoms with E-state index in [4.69, 9.17) is 0 Å². The molecule has 2 heteroatoms. The van der Waals surface area contributed by atoms with E-state index in [0.717, 1.165) is 0 Å². The van der Waals surface area contributed by atoms with Crippen molar-refractivity contribution in [1.29, 1.82) is 0 Å². The summed E-state index contributed by atoms with van der Waals surface area (Å²) in [4.78, 5) is 24.8. The van der Waals surface area contributed by atoms with E-state index in [-0.39, 0.29) is 28.8 Å². The summed E-state index contributed by atoms with van der Waals surface area (Å²) in [6, 6.07) is 0. The highest BCUT2D eigenvalue weighted by molar-refractivity contribution is 6.13. The Hall–Kier alpha value is -0.660. The van der Waals surface area contributed by atoms with Crippen LogP contribution in [0.1, 0.15) is 61.8 Å². The Balaban J connectivity index is 3.57. The zero-order chi connectivity index (χ0) is 13.9. The standard InChI is InChI=1S/C15H26O2/c1-12(2,3)14(7)10(16)9-11(17)15(14,8)13(4,5)6/h9H2,1-8H3. The van der Waals surface area contributed by atoms with Gasteiger partial charge in [0.2, 0.25) is 0 Å². The molecule has 1 aliphatic rings. The highest BCUT2D eigenvalue weighted by atomic mass is 16.2. The Morgan fingerprint density at radius 2 is 1.00 bits per heavy atom. The molecule has 0 bridgehead atoms. The van der Waals surface area contributed by atoms with Crippen LogP contribution in [0.15, 0.2) is 0 Å². The summed E-state index contributed by atoms with van der Waals surface area (Å²) in [5.41, 5.74) is -1.60. The smallest absolute Gasteiger partial charge is 0.147 e. The van der Waals surface area contributed by atoms with Crippen molar-refractivity contribution >= 4 is 11.6 Å². The molecule has 1 aliphatic carbocycles. The van der Waals surface area contributed by atoms with Gasteiger partial charge in [-0.2, -0.15) is 0 Å². The number of rotatable bonds is 0. The minimum atomic E-state index is -0.588. The molecule has 2 unspecified atom stereocenters. The molecule has 0 radical (unpaired) electrons. The quantitative estimate of drug-likeness (QED) is 0.604. The maximum absolute atomic E-state index is 12.4. The number of Topliss-reactive ketones (excluding diaryl/α,β-unsaturated/α-hetero) is 2. The van der Waals surface area contributed by atoms with Crippen molar-refractivity contribution in [3.63, 3.8) is 0 Å². The first kappa shape index (κ1) is 14.4. The Morgan fingerprint density at radius 1 is 0.765 bits per heavy atom. The van der Waals surface area contributed by atoms with Crippen LogP contribution in [-0.2, 0) is 9.59 Å². The van der Waals surface area contributed by atoms with Crippen molar-refractivity contribution in [2.45, 2.75) is 61.8 Å². The number of hydrogen-bond donors (Lipinski definition) is 0. The summed E-state index contributed by atoms with van der Waals surface area (Å²) in [6.45, 7) is 16.3. The highest BCUT2D eigenvalue weighted by Gasteiger charge is 2.68. The Kier molecular flexibility index (Phi) is 2.90. The molecule has 98 valence electrons. The average Bonchev–Trinajstić information content (AvgIpc) is 2.26. The molecule has 2 nitrogen and oxygen atoms in total. The van der Waals surface area contributed by atoms with Crippen LogP contribution >= 0.6 is 0 Å². The van der Waals surface area contributed by atoms with Crippen molar-refractivity contribution in [2.24, 2.45) is 21.7 Å². The van der Waals surface area contributed by atoms with Crippen LogP contribution in [0.5, 0.6) is 0 Å². The molecule has 17 heavy (non-hydrogen) atoms. The Bertz CT molecular complexity index is 331. The van der Waals surface area contributed by atoms with Crippen LogP contribution in [0.3, 0.4) is 0 Å². The predicted octanol–water partition coefficient (Wildman–Crippen LogP) is 3.63. The van der Waals surface area contributed by atoms with E-state index in [0.29, 0.717) is 0 Å². The molecule has 1 rings (SSSR count). The maximum Gasteiger partial charge on any atom is 0.147 e. The molecule has 0 saturated heterocycles. The largest absolute Gasteiger partial charge is 0.299 e. The van der Waals surface area contributed by atoms with Crippen molar-refractivity contribution in [3.05, 3.63) is 0 Å². The zero-order valence-corrected chi connectivity index (χ0v) is 12.5. The first-order valence-corrected chi connectivity index (χ1v) is 6.37. The fraction of sp³-hybridized carbons (Fsp3) is 0.867. The van der Waals surface area contributed by atoms with Crippen molar-refractivity contribution < 1.29 is 9.59 Å². The zero-order valence-electron chi connectivity index (χ0n) is 12.5. The van der Waals surface area contributed by atoms with Gasteiger partial charge in [0, 0.05) is 10.8 Å². The van der Waals surface area contributed by atoms with Crippen LogP contribution in [0, 0.1) is 21.7 Å². The van der Waals surface area contributed by atoms with Gasteiger partial charge in [-0.25, -0.2) is 0 Å². The molecule has 0 N–H and O–H groups in total. The topological polar surface area (TPSA) is 34.1 Å². The van der Waals surface area contributed by atoms with Crippen LogP contribution in [0.25, 0.3) is 0 Å². The summed E-state index contributed by atoms with van der Waals surface area (Å²) in [7, 11) is 0. The molecule has 0 aromatic heterocycles. The number of hydrogen-bond acceptors (Lipinski definition) is 2. The summed E-state index contributed by atoms with van der Waals surface area (Å²) in [6.07, 6.45) is 0.0987. The molecule has 1 fully saturated rings. The fourth-order valence-corrected chi connectivity index (χ4v) is 3.39. The predicted molar refractivity (Wildman–Crippen MR) is 69.8 cm³/mol. The fourth-order valence-electron chi connectivity index (χ4n) is 3.39. The van der Waals surface area contributed by atoms with Gasteiger partial charge in [0.1, 0.15) is 11.6 Å². The SMILES string of the molecule is CC(C)(C)C1(C)C(=O)CC(=O)C1(C)C(C)(C)C. The lowest BCUT2D eigenvalue weighted by Crippen LogP contribution is -2.55. The molecular weight excluding hydrogens is 212 g/mol. The van der Waals surface area contributed by atoms with Crippen LogP contribution in [-0.4, -0.2) is 11.6 Å². The van der Waals surface area contributed by atoms with Gasteiger partial charge in [0.15, 0.2) is 0 Å². The van der Waals surface area contributed by atoms with Gasteiger partial charge >= 0.3 is 0 Å². The third kappa shape index (κ3) is 1.52. The second kappa shape index (κ2) is 3.43. The highest BCUT2D eigenvalue weighted by Crippen LogP contribution is 2.64. The van der Waals surface area contributed by atoms with E-state index in [1.807, 2.05) is 13.8 Å². The van der Waals surface area contributed by atoms with Gasteiger partial charge in [-0.1, -0.05) is 55.4 Å². The Morgan fingerprint density at radius 3 is 1.18 bits per heavy atom. The summed E-state index contributed by atoms with van der Waals surface area (Å²) >= 11 is 0. The molecule has 0 heterocycles. The molecule has 0 aromatic rings. The van der Waals surface area contributed by atoms with Gasteiger partial charge < -0.3 is 0 Å². The van der Waals surface area contributed by atoms with E-state index in [1.54, 1.807) is 0 Å². The van der Waals surface area contributed by atoms with Gasteiger partial charge in [0.25, 0.3) is 0 Å². The van der Waals surface area contributed by atoms with Gasteiger partial charge in [-0.15, -0.1) is 0 Å². The monoisotopic (exact) mass is 238 g/mol. The molecule has 0 spiro atoms. The van der Waals surface area contributed by atoms with Gasteiger partial charge in [-0.3, -0.25) is 9.59 Å². The van der Waals surface area contributed by atoms with Crippen molar-refractivity contribution in [3.8, 4) is 0 Å². The summed E-state index contributed by atoms with van der Waals surface area (Å²) in [5, 5.41) is 0. The minimum absolute atomic E-state index is 0.0987. The lowest BCUT2D eigenvalue weighted by Gasteiger charge is -2.53. The van der Waals surface area contributed by atoms with Gasteiger partial charge in [0.05, 0.1) is 6.42 Å². The molecule has 0 amide bonds. The molecule has 1 saturated carbocycles. The number of carbonyl (C=O) groups is 2. The van der Waals surface area contributed by atoms with Crippen LogP contribution in [0.2, 0.25) is 0 Å². The van der Waals surface area contributed by atoms with Crippen molar-refractivity contribution in [2.75, 3.05) is 0 Å². The molecule has 0 aromatic carbocycles. The normalized spacial score (nSPS) is 35.5. The second-order valence-corrected chi connectivity index (χ2v) is 7.77. The molecular formula is C15H26O2. The van der Waals surface area contributed by atoms with E-state index >= 15 is 0 Å². The number of carbonyl (C=O) groups excluding carboxylic acids is 2. The molecule has 0 aliphatic heterocycles. The third-order valence-electron chi connectivity index (χ3n) is 5.44. The van der Waals surface area contributed by atoms with Crippen LogP contribution < -0.4 is 0 Å². The van der Waals surface area contributed by atoms with E-state index in [9.17, 15) is 9.59 Å². The van der Waals surface area contributed by atoms with Gasteiger partial charge in [-0.05, 0) is 10.8 Å². The van der Waals surface area contributed by atoms with Crippen molar-refractivity contribution in [1.82, 2.24) is 0 Å². The van der Waals surface area contributed by atoms with Crippen LogP contribution in [0.4, 0.5) is 0 Å². The maximum atomic E-state index is 12.4. The molecule has 2 atom stereocenters. The minimum Gasteiger partial charge on any atom is -0.299 e. The van der Waals surface area contributed by atoms with E-state index in [2.05, 4.69) is 41.5 Å². The third-order valence-corrected chi connectivity index (χ3v) is 5.44. The lowest BCUT2D eigenvalue weighted by atomic mass is 9.47. The summed E-state index contributed by atoms with van der Waals surface area (Å²) in [5.74, 6) is 0.208.